The molecule has 0 saturated carbocycles. The van der Waals surface area contributed by atoms with Crippen molar-refractivity contribution in [3.63, 3.8) is 0 Å². The zero-order valence-electron chi connectivity index (χ0n) is 9.48. The Morgan fingerprint density at radius 3 is 2.94 bits per heavy atom. The lowest BCUT2D eigenvalue weighted by Gasteiger charge is -2.17. The Labute approximate surface area is 103 Å². The Morgan fingerprint density at radius 2 is 2.35 bits per heavy atom. The standard InChI is InChI=1S/C12H14FN3S/c1-8-6-9(13)2-3-10(8)11(16-14)7-12-15-4-5-17-12/h2-6,11,16H,7,14H2,1H3. The van der Waals surface area contributed by atoms with Crippen molar-refractivity contribution in [2.75, 3.05) is 0 Å². The van der Waals surface area contributed by atoms with E-state index in [4.69, 9.17) is 5.84 Å². The number of hydrogen-bond acceptors (Lipinski definition) is 4. The van der Waals surface area contributed by atoms with Crippen molar-refractivity contribution >= 4 is 11.3 Å². The van der Waals surface area contributed by atoms with Gasteiger partial charge in [-0.2, -0.15) is 0 Å². The Kier molecular flexibility index (Phi) is 3.83. The Hall–Kier alpha value is -1.30. The van der Waals surface area contributed by atoms with Gasteiger partial charge in [0.25, 0.3) is 0 Å². The number of halogens is 1. The number of nitrogens with one attached hydrogen (secondary N) is 1. The van der Waals surface area contributed by atoms with Crippen LogP contribution in [0.15, 0.2) is 29.8 Å². The molecule has 90 valence electrons. The highest BCUT2D eigenvalue weighted by Gasteiger charge is 2.14. The van der Waals surface area contributed by atoms with Crippen molar-refractivity contribution in [3.8, 4) is 0 Å². The number of aryl methyl sites for hydroxylation is 1. The van der Waals surface area contributed by atoms with Gasteiger partial charge in [-0.05, 0) is 30.2 Å². The van der Waals surface area contributed by atoms with Crippen LogP contribution in [0.25, 0.3) is 0 Å². The van der Waals surface area contributed by atoms with Gasteiger partial charge in [-0.3, -0.25) is 11.3 Å². The number of rotatable bonds is 4. The Balaban J connectivity index is 2.23. The minimum Gasteiger partial charge on any atom is -0.271 e. The number of thiazole rings is 1. The molecule has 5 heteroatoms. The second kappa shape index (κ2) is 5.35. The van der Waals surface area contributed by atoms with Crippen LogP contribution >= 0.6 is 11.3 Å². The summed E-state index contributed by atoms with van der Waals surface area (Å²) in [6.45, 7) is 1.88. The van der Waals surface area contributed by atoms with Gasteiger partial charge in [-0.1, -0.05) is 6.07 Å². The third-order valence-corrected chi connectivity index (χ3v) is 3.47. The van der Waals surface area contributed by atoms with Crippen LogP contribution in [0.1, 0.15) is 22.2 Å². The van der Waals surface area contributed by atoms with Gasteiger partial charge in [0, 0.05) is 18.0 Å². The predicted octanol–water partition coefficient (Wildman–Crippen LogP) is 2.34. The molecule has 0 radical (unpaired) electrons. The highest BCUT2D eigenvalue weighted by Crippen LogP contribution is 2.22. The molecule has 1 heterocycles. The summed E-state index contributed by atoms with van der Waals surface area (Å²) in [6.07, 6.45) is 2.48. The average Bonchev–Trinajstić information content (AvgIpc) is 2.79. The van der Waals surface area contributed by atoms with Gasteiger partial charge in [0.15, 0.2) is 0 Å². The molecule has 3 N–H and O–H groups in total. The lowest BCUT2D eigenvalue weighted by molar-refractivity contribution is 0.545. The molecule has 2 rings (SSSR count). The van der Waals surface area contributed by atoms with E-state index < -0.39 is 0 Å². The number of nitrogens with zero attached hydrogens (tertiary/aromatic N) is 1. The van der Waals surface area contributed by atoms with E-state index in [2.05, 4.69) is 10.4 Å². The van der Waals surface area contributed by atoms with Gasteiger partial charge >= 0.3 is 0 Å². The van der Waals surface area contributed by atoms with Crippen LogP contribution < -0.4 is 11.3 Å². The van der Waals surface area contributed by atoms with Gasteiger partial charge in [0.2, 0.25) is 0 Å². The van der Waals surface area contributed by atoms with Crippen LogP contribution in [0.2, 0.25) is 0 Å². The number of nitrogens with two attached hydrogens (primary N) is 1. The molecule has 1 unspecified atom stereocenters. The maximum atomic E-state index is 13.0. The van der Waals surface area contributed by atoms with Crippen molar-refractivity contribution in [2.24, 2.45) is 5.84 Å². The van der Waals surface area contributed by atoms with E-state index in [1.165, 1.54) is 12.1 Å². The first-order valence-electron chi connectivity index (χ1n) is 5.31. The molecule has 2 aromatic rings. The number of aromatic nitrogens is 1. The minimum absolute atomic E-state index is 0.0400. The monoisotopic (exact) mass is 251 g/mol. The largest absolute Gasteiger partial charge is 0.271 e. The molecular formula is C12H14FN3S. The van der Waals surface area contributed by atoms with Gasteiger partial charge in [-0.25, -0.2) is 9.37 Å². The zero-order chi connectivity index (χ0) is 12.3. The van der Waals surface area contributed by atoms with Crippen LogP contribution in [0, 0.1) is 12.7 Å². The molecule has 0 bridgehead atoms. The first kappa shape index (κ1) is 12.2. The van der Waals surface area contributed by atoms with Gasteiger partial charge < -0.3 is 0 Å². The summed E-state index contributed by atoms with van der Waals surface area (Å²) in [5.74, 6) is 5.34. The third kappa shape index (κ3) is 2.88. The maximum absolute atomic E-state index is 13.0. The zero-order valence-corrected chi connectivity index (χ0v) is 10.3. The summed E-state index contributed by atoms with van der Waals surface area (Å²) in [6, 6.07) is 4.69. The van der Waals surface area contributed by atoms with Crippen LogP contribution in [0.5, 0.6) is 0 Å². The van der Waals surface area contributed by atoms with Crippen molar-refractivity contribution < 1.29 is 4.39 Å². The minimum atomic E-state index is -0.226. The normalized spacial score (nSPS) is 12.6. The number of hydrogen-bond donors (Lipinski definition) is 2. The molecule has 0 amide bonds. The highest BCUT2D eigenvalue weighted by molar-refractivity contribution is 7.09. The van der Waals surface area contributed by atoms with Crippen molar-refractivity contribution in [2.45, 2.75) is 19.4 Å². The maximum Gasteiger partial charge on any atom is 0.123 e. The fourth-order valence-electron chi connectivity index (χ4n) is 1.82. The molecule has 0 aliphatic carbocycles. The molecule has 0 fully saturated rings. The fraction of sp³-hybridized carbons (Fsp3) is 0.250. The SMILES string of the molecule is Cc1cc(F)ccc1C(Cc1nccs1)NN. The summed E-state index contributed by atoms with van der Waals surface area (Å²) in [4.78, 5) is 4.23. The number of hydrazine groups is 1. The van der Waals surface area contributed by atoms with E-state index >= 15 is 0 Å². The first-order valence-corrected chi connectivity index (χ1v) is 6.19. The van der Waals surface area contributed by atoms with E-state index in [0.717, 1.165) is 16.1 Å². The molecule has 0 aliphatic heterocycles. The Bertz CT molecular complexity index is 485. The number of benzene rings is 1. The molecule has 1 aromatic heterocycles. The molecule has 3 nitrogen and oxygen atoms in total. The summed E-state index contributed by atoms with van der Waals surface area (Å²) < 4.78 is 13.0. The molecule has 1 aromatic carbocycles. The van der Waals surface area contributed by atoms with Crippen LogP contribution in [-0.4, -0.2) is 4.98 Å². The van der Waals surface area contributed by atoms with Crippen LogP contribution in [-0.2, 0) is 6.42 Å². The summed E-state index contributed by atoms with van der Waals surface area (Å²) in [5.41, 5.74) is 4.66. The van der Waals surface area contributed by atoms with Crippen molar-refractivity contribution in [3.05, 3.63) is 51.7 Å². The van der Waals surface area contributed by atoms with E-state index in [9.17, 15) is 4.39 Å². The van der Waals surface area contributed by atoms with Crippen LogP contribution in [0.4, 0.5) is 4.39 Å². The van der Waals surface area contributed by atoms with E-state index in [-0.39, 0.29) is 11.9 Å². The predicted molar refractivity (Wildman–Crippen MR) is 67.0 cm³/mol. The van der Waals surface area contributed by atoms with E-state index in [1.807, 2.05) is 12.3 Å². The van der Waals surface area contributed by atoms with Crippen molar-refractivity contribution in [1.29, 1.82) is 0 Å². The summed E-state index contributed by atoms with van der Waals surface area (Å²) >= 11 is 1.59. The van der Waals surface area contributed by atoms with Gasteiger partial charge in [-0.15, -0.1) is 11.3 Å². The topological polar surface area (TPSA) is 50.9 Å². The van der Waals surface area contributed by atoms with E-state index in [1.54, 1.807) is 23.6 Å². The lowest BCUT2D eigenvalue weighted by atomic mass is 9.99. The lowest BCUT2D eigenvalue weighted by Crippen LogP contribution is -2.30. The second-order valence-electron chi connectivity index (χ2n) is 3.85. The second-order valence-corrected chi connectivity index (χ2v) is 4.83. The quantitative estimate of drug-likeness (QED) is 0.648. The average molecular weight is 251 g/mol. The molecule has 0 aliphatic rings. The molecule has 0 saturated heterocycles. The van der Waals surface area contributed by atoms with Gasteiger partial charge in [0.05, 0.1) is 11.0 Å². The summed E-state index contributed by atoms with van der Waals surface area (Å²) in [7, 11) is 0. The smallest absolute Gasteiger partial charge is 0.123 e. The first-order chi connectivity index (χ1) is 8.20. The van der Waals surface area contributed by atoms with E-state index in [0.29, 0.717) is 6.42 Å². The van der Waals surface area contributed by atoms with Crippen molar-refractivity contribution in [1.82, 2.24) is 10.4 Å². The Morgan fingerprint density at radius 1 is 1.53 bits per heavy atom. The summed E-state index contributed by atoms with van der Waals surface area (Å²) in [5, 5.41) is 2.94. The highest BCUT2D eigenvalue weighted by atomic mass is 32.1. The fourth-order valence-corrected chi connectivity index (χ4v) is 2.48. The molecule has 17 heavy (non-hydrogen) atoms. The molecular weight excluding hydrogens is 237 g/mol. The van der Waals surface area contributed by atoms with Crippen LogP contribution in [0.3, 0.4) is 0 Å². The van der Waals surface area contributed by atoms with Gasteiger partial charge in [0.1, 0.15) is 5.82 Å². The third-order valence-electron chi connectivity index (χ3n) is 2.67. The molecule has 0 spiro atoms. The molecule has 1 atom stereocenters.